The van der Waals surface area contributed by atoms with Gasteiger partial charge in [0.15, 0.2) is 5.65 Å². The summed E-state index contributed by atoms with van der Waals surface area (Å²) < 4.78 is 1.64. The molecule has 2 rings (SSSR count). The zero-order valence-electron chi connectivity index (χ0n) is 11.4. The quantitative estimate of drug-likeness (QED) is 0.905. The van der Waals surface area contributed by atoms with Gasteiger partial charge in [-0.2, -0.15) is 4.98 Å². The van der Waals surface area contributed by atoms with Gasteiger partial charge in [-0.25, -0.2) is 4.52 Å². The standard InChI is InChI=1S/C13H19ClN4O/c1-13(2,3)10(6-7-19)15-12-16-11-5-4-9(14)8-18(11)17-12/h4-5,8,10,19H,6-7H2,1-3H3,(H,15,17). The number of pyridine rings is 1. The number of hydrogen-bond acceptors (Lipinski definition) is 4. The molecule has 2 aromatic heterocycles. The van der Waals surface area contributed by atoms with Crippen LogP contribution in [0.3, 0.4) is 0 Å². The Hall–Kier alpha value is -1.33. The van der Waals surface area contributed by atoms with Crippen LogP contribution >= 0.6 is 11.6 Å². The van der Waals surface area contributed by atoms with Crippen molar-refractivity contribution in [2.75, 3.05) is 11.9 Å². The minimum atomic E-state index is 0.0118. The molecule has 0 radical (unpaired) electrons. The summed E-state index contributed by atoms with van der Waals surface area (Å²) >= 11 is 5.91. The number of rotatable bonds is 4. The second-order valence-corrected chi connectivity index (χ2v) is 6.10. The molecule has 2 N–H and O–H groups in total. The van der Waals surface area contributed by atoms with E-state index < -0.39 is 0 Å². The minimum absolute atomic E-state index is 0.0118. The molecule has 2 heterocycles. The molecule has 0 saturated carbocycles. The molecule has 5 nitrogen and oxygen atoms in total. The number of aromatic nitrogens is 3. The Morgan fingerprint density at radius 1 is 1.42 bits per heavy atom. The molecule has 0 saturated heterocycles. The largest absolute Gasteiger partial charge is 0.396 e. The highest BCUT2D eigenvalue weighted by Crippen LogP contribution is 2.24. The molecule has 0 amide bonds. The van der Waals surface area contributed by atoms with Gasteiger partial charge < -0.3 is 10.4 Å². The van der Waals surface area contributed by atoms with E-state index in [9.17, 15) is 0 Å². The molecule has 0 fully saturated rings. The molecule has 1 unspecified atom stereocenters. The molecule has 0 spiro atoms. The topological polar surface area (TPSA) is 62.5 Å². The Balaban J connectivity index is 2.24. The summed E-state index contributed by atoms with van der Waals surface area (Å²) in [5, 5.41) is 17.4. The van der Waals surface area contributed by atoms with Gasteiger partial charge in [0.05, 0.1) is 5.02 Å². The van der Waals surface area contributed by atoms with Crippen molar-refractivity contribution < 1.29 is 5.11 Å². The van der Waals surface area contributed by atoms with Crippen molar-refractivity contribution in [3.05, 3.63) is 23.4 Å². The molecule has 19 heavy (non-hydrogen) atoms. The molecule has 0 aliphatic rings. The number of halogens is 1. The van der Waals surface area contributed by atoms with E-state index in [1.165, 1.54) is 0 Å². The van der Waals surface area contributed by atoms with Gasteiger partial charge in [0.25, 0.3) is 0 Å². The second kappa shape index (κ2) is 5.35. The van der Waals surface area contributed by atoms with Crippen molar-refractivity contribution >= 4 is 23.2 Å². The van der Waals surface area contributed by atoms with E-state index in [1.807, 2.05) is 6.07 Å². The highest BCUT2D eigenvalue weighted by Gasteiger charge is 2.25. The number of nitrogens with zero attached hydrogens (tertiary/aromatic N) is 3. The summed E-state index contributed by atoms with van der Waals surface area (Å²) in [7, 11) is 0. The summed E-state index contributed by atoms with van der Waals surface area (Å²) in [5.41, 5.74) is 0.751. The average Bonchev–Trinajstić information content (AvgIpc) is 2.68. The predicted octanol–water partition coefficient (Wildman–Crippen LogP) is 2.59. The van der Waals surface area contributed by atoms with Gasteiger partial charge in [0, 0.05) is 18.8 Å². The Morgan fingerprint density at radius 3 is 2.79 bits per heavy atom. The summed E-state index contributed by atoms with van der Waals surface area (Å²) in [4.78, 5) is 4.39. The van der Waals surface area contributed by atoms with Crippen LogP contribution in [0, 0.1) is 5.41 Å². The van der Waals surface area contributed by atoms with E-state index in [0.29, 0.717) is 17.4 Å². The number of nitrogens with one attached hydrogen (secondary N) is 1. The zero-order chi connectivity index (χ0) is 14.0. The van der Waals surface area contributed by atoms with Crippen molar-refractivity contribution in [1.82, 2.24) is 14.6 Å². The zero-order valence-corrected chi connectivity index (χ0v) is 12.1. The van der Waals surface area contributed by atoms with E-state index in [4.69, 9.17) is 16.7 Å². The van der Waals surface area contributed by atoms with E-state index in [2.05, 4.69) is 36.2 Å². The van der Waals surface area contributed by atoms with Crippen LogP contribution in [0.4, 0.5) is 5.95 Å². The lowest BCUT2D eigenvalue weighted by Crippen LogP contribution is -2.35. The minimum Gasteiger partial charge on any atom is -0.396 e. The third-order valence-electron chi connectivity index (χ3n) is 3.06. The maximum Gasteiger partial charge on any atom is 0.243 e. The SMILES string of the molecule is CC(C)(C)C(CCO)Nc1nc2ccc(Cl)cn2n1. The van der Waals surface area contributed by atoms with Crippen LogP contribution < -0.4 is 5.32 Å². The molecule has 2 aromatic rings. The first-order chi connectivity index (χ1) is 8.90. The van der Waals surface area contributed by atoms with Crippen LogP contribution in [0.5, 0.6) is 0 Å². The van der Waals surface area contributed by atoms with Crippen molar-refractivity contribution in [3.8, 4) is 0 Å². The molecule has 104 valence electrons. The third kappa shape index (κ3) is 3.36. The van der Waals surface area contributed by atoms with Gasteiger partial charge in [-0.1, -0.05) is 32.4 Å². The number of aliphatic hydroxyl groups excluding tert-OH is 1. The lowest BCUT2D eigenvalue weighted by molar-refractivity contribution is 0.235. The molecule has 0 bridgehead atoms. The van der Waals surface area contributed by atoms with Gasteiger partial charge in [-0.05, 0) is 24.0 Å². The van der Waals surface area contributed by atoms with Gasteiger partial charge in [0.1, 0.15) is 0 Å². The van der Waals surface area contributed by atoms with E-state index in [1.54, 1.807) is 16.8 Å². The van der Waals surface area contributed by atoms with Crippen LogP contribution in [0.25, 0.3) is 5.65 Å². The lowest BCUT2D eigenvalue weighted by Gasteiger charge is -2.30. The van der Waals surface area contributed by atoms with Gasteiger partial charge >= 0.3 is 0 Å². The van der Waals surface area contributed by atoms with Crippen LogP contribution in [0.2, 0.25) is 5.02 Å². The smallest absolute Gasteiger partial charge is 0.243 e. The molecule has 6 heteroatoms. The Bertz CT molecular complexity index is 561. The normalized spacial score (nSPS) is 13.7. The fourth-order valence-corrected chi connectivity index (χ4v) is 2.08. The van der Waals surface area contributed by atoms with Crippen molar-refractivity contribution in [1.29, 1.82) is 0 Å². The van der Waals surface area contributed by atoms with Crippen molar-refractivity contribution in [2.45, 2.75) is 33.2 Å². The Morgan fingerprint density at radius 2 is 2.16 bits per heavy atom. The summed E-state index contributed by atoms with van der Waals surface area (Å²) in [5.74, 6) is 0.552. The van der Waals surface area contributed by atoms with Crippen molar-refractivity contribution in [2.24, 2.45) is 5.41 Å². The number of hydrogen-bond donors (Lipinski definition) is 2. The monoisotopic (exact) mass is 282 g/mol. The lowest BCUT2D eigenvalue weighted by atomic mass is 9.85. The molecule has 0 aliphatic heterocycles. The molecule has 1 atom stereocenters. The van der Waals surface area contributed by atoms with Gasteiger partial charge in [0.2, 0.25) is 5.95 Å². The summed E-state index contributed by atoms with van der Waals surface area (Å²) in [6.45, 7) is 6.49. The van der Waals surface area contributed by atoms with Gasteiger partial charge in [-0.3, -0.25) is 0 Å². The fourth-order valence-electron chi connectivity index (χ4n) is 1.93. The summed E-state index contributed by atoms with van der Waals surface area (Å²) in [6, 6.07) is 3.70. The maximum absolute atomic E-state index is 9.15. The highest BCUT2D eigenvalue weighted by atomic mass is 35.5. The number of anilines is 1. The van der Waals surface area contributed by atoms with Crippen LogP contribution in [0.15, 0.2) is 18.3 Å². The third-order valence-corrected chi connectivity index (χ3v) is 3.28. The first-order valence-electron chi connectivity index (χ1n) is 6.29. The average molecular weight is 283 g/mol. The maximum atomic E-state index is 9.15. The van der Waals surface area contributed by atoms with Crippen LogP contribution in [-0.2, 0) is 0 Å². The molecular formula is C13H19ClN4O. The molecule has 0 aliphatic carbocycles. The molecule has 0 aromatic carbocycles. The van der Waals surface area contributed by atoms with Crippen LogP contribution in [0.1, 0.15) is 27.2 Å². The highest BCUT2D eigenvalue weighted by molar-refractivity contribution is 6.30. The number of fused-ring (bicyclic) bond motifs is 1. The summed E-state index contributed by atoms with van der Waals surface area (Å²) in [6.07, 6.45) is 2.37. The number of aliphatic hydroxyl groups is 1. The fraction of sp³-hybridized carbons (Fsp3) is 0.538. The first kappa shape index (κ1) is 14.1. The van der Waals surface area contributed by atoms with Gasteiger partial charge in [-0.15, -0.1) is 5.10 Å². The first-order valence-corrected chi connectivity index (χ1v) is 6.67. The Labute approximate surface area is 117 Å². The Kier molecular flexibility index (Phi) is 3.96. The van der Waals surface area contributed by atoms with Crippen molar-refractivity contribution in [3.63, 3.8) is 0 Å². The van der Waals surface area contributed by atoms with E-state index in [-0.39, 0.29) is 18.1 Å². The van der Waals surface area contributed by atoms with Crippen LogP contribution in [-0.4, -0.2) is 32.4 Å². The molecular weight excluding hydrogens is 264 g/mol. The second-order valence-electron chi connectivity index (χ2n) is 5.66. The van der Waals surface area contributed by atoms with E-state index in [0.717, 1.165) is 5.65 Å². The predicted molar refractivity (Wildman–Crippen MR) is 76.6 cm³/mol. The van der Waals surface area contributed by atoms with E-state index >= 15 is 0 Å².